The van der Waals surface area contributed by atoms with Crippen LogP contribution in [0.2, 0.25) is 0 Å². The molecular weight excluding hydrogens is 322 g/mol. The summed E-state index contributed by atoms with van der Waals surface area (Å²) in [5.74, 6) is -0.0247. The number of nitrogens with one attached hydrogen (secondary N) is 1. The predicted molar refractivity (Wildman–Crippen MR) is 83.7 cm³/mol. The fourth-order valence-corrected chi connectivity index (χ4v) is 2.62. The van der Waals surface area contributed by atoms with E-state index in [1.807, 2.05) is 4.83 Å². The average molecular weight is 335 g/mol. The van der Waals surface area contributed by atoms with Crippen LogP contribution in [0, 0.1) is 10.1 Å². The van der Waals surface area contributed by atoms with Crippen molar-refractivity contribution in [1.29, 1.82) is 0 Å². The molecule has 9 heteroatoms. The Balaban J connectivity index is 2.23. The van der Waals surface area contributed by atoms with Gasteiger partial charge in [0, 0.05) is 17.7 Å². The molecule has 0 spiro atoms. The Kier molecular flexibility index (Phi) is 4.60. The minimum absolute atomic E-state index is 0.0247. The van der Waals surface area contributed by atoms with Crippen LogP contribution in [0.4, 0.5) is 5.69 Å². The van der Waals surface area contributed by atoms with Crippen LogP contribution in [0.15, 0.2) is 58.5 Å². The lowest BCUT2D eigenvalue weighted by molar-refractivity contribution is -0.384. The number of benzene rings is 2. The molecule has 0 unspecified atom stereocenters. The van der Waals surface area contributed by atoms with Crippen molar-refractivity contribution < 1.29 is 18.4 Å². The highest BCUT2D eigenvalue weighted by atomic mass is 32.2. The number of rotatable bonds is 5. The maximum atomic E-state index is 12.1. The summed E-state index contributed by atoms with van der Waals surface area (Å²) in [6, 6.07) is 10.8. The average Bonchev–Trinajstić information content (AvgIpc) is 2.53. The SMILES string of the molecule is C/C(=N\NS(=O)(=O)c1ccc([N+](=O)[O-])cc1)c1ccccc1O. The van der Waals surface area contributed by atoms with E-state index in [9.17, 15) is 23.6 Å². The Morgan fingerprint density at radius 3 is 2.35 bits per heavy atom. The number of nitrogens with zero attached hydrogens (tertiary/aromatic N) is 2. The standard InChI is InChI=1S/C14H13N3O5S/c1-10(13-4-2-3-5-14(13)18)15-16-23(21,22)12-8-6-11(7-9-12)17(19)20/h2-9,16,18H,1H3/b15-10+. The molecular formula is C14H13N3O5S. The van der Waals surface area contributed by atoms with E-state index >= 15 is 0 Å². The molecule has 0 aliphatic heterocycles. The van der Waals surface area contributed by atoms with Gasteiger partial charge in [0.1, 0.15) is 5.75 Å². The fraction of sp³-hybridized carbons (Fsp3) is 0.0714. The van der Waals surface area contributed by atoms with Gasteiger partial charge >= 0.3 is 0 Å². The first kappa shape index (κ1) is 16.4. The Bertz CT molecular complexity index is 860. The molecule has 0 fully saturated rings. The van der Waals surface area contributed by atoms with Gasteiger partial charge in [-0.15, -0.1) is 0 Å². The summed E-state index contributed by atoms with van der Waals surface area (Å²) in [6.45, 7) is 1.54. The molecule has 0 aliphatic rings. The molecule has 2 aromatic rings. The van der Waals surface area contributed by atoms with E-state index in [4.69, 9.17) is 0 Å². The fourth-order valence-electron chi connectivity index (χ4n) is 1.77. The van der Waals surface area contributed by atoms with Gasteiger partial charge in [-0.3, -0.25) is 10.1 Å². The normalized spacial score (nSPS) is 12.0. The van der Waals surface area contributed by atoms with Crippen LogP contribution >= 0.6 is 0 Å². The van der Waals surface area contributed by atoms with E-state index in [-0.39, 0.29) is 22.0 Å². The van der Waals surface area contributed by atoms with Gasteiger partial charge in [0.2, 0.25) is 0 Å². The molecule has 0 heterocycles. The Hall–Kier alpha value is -2.94. The van der Waals surface area contributed by atoms with E-state index in [1.54, 1.807) is 18.2 Å². The minimum Gasteiger partial charge on any atom is -0.507 e. The summed E-state index contributed by atoms with van der Waals surface area (Å²) in [6.07, 6.45) is 0. The van der Waals surface area contributed by atoms with Crippen molar-refractivity contribution in [2.75, 3.05) is 0 Å². The third-order valence-electron chi connectivity index (χ3n) is 2.99. The molecule has 8 nitrogen and oxygen atoms in total. The number of nitro groups is 1. The van der Waals surface area contributed by atoms with Gasteiger partial charge in [-0.25, -0.2) is 0 Å². The molecule has 0 atom stereocenters. The molecule has 23 heavy (non-hydrogen) atoms. The third-order valence-corrected chi connectivity index (χ3v) is 4.21. The number of phenolic OH excluding ortho intramolecular Hbond substituents is 1. The molecule has 0 saturated heterocycles. The molecule has 0 bridgehead atoms. The van der Waals surface area contributed by atoms with E-state index in [0.29, 0.717) is 5.56 Å². The number of para-hydroxylation sites is 1. The zero-order valence-electron chi connectivity index (χ0n) is 12.0. The second-order valence-electron chi connectivity index (χ2n) is 4.56. The van der Waals surface area contributed by atoms with E-state index < -0.39 is 14.9 Å². The summed E-state index contributed by atoms with van der Waals surface area (Å²) in [5.41, 5.74) is 0.449. The first-order valence-corrected chi connectivity index (χ1v) is 7.88. The quantitative estimate of drug-likeness (QED) is 0.491. The van der Waals surface area contributed by atoms with Crippen molar-refractivity contribution in [3.8, 4) is 5.75 Å². The number of sulfonamides is 1. The highest BCUT2D eigenvalue weighted by Crippen LogP contribution is 2.18. The van der Waals surface area contributed by atoms with Crippen LogP contribution in [-0.4, -0.2) is 24.2 Å². The van der Waals surface area contributed by atoms with Crippen LogP contribution < -0.4 is 4.83 Å². The van der Waals surface area contributed by atoms with E-state index in [2.05, 4.69) is 5.10 Å². The molecule has 2 rings (SSSR count). The number of non-ortho nitro benzene ring substituents is 1. The summed E-state index contributed by atoms with van der Waals surface area (Å²) in [4.78, 5) is 11.8. The molecule has 0 aliphatic carbocycles. The van der Waals surface area contributed by atoms with Gasteiger partial charge < -0.3 is 5.11 Å². The van der Waals surface area contributed by atoms with Gasteiger partial charge in [-0.05, 0) is 31.2 Å². The van der Waals surface area contributed by atoms with Crippen molar-refractivity contribution in [1.82, 2.24) is 4.83 Å². The minimum atomic E-state index is -3.96. The van der Waals surface area contributed by atoms with Crippen LogP contribution in [0.1, 0.15) is 12.5 Å². The first-order chi connectivity index (χ1) is 10.8. The molecule has 2 aromatic carbocycles. The van der Waals surface area contributed by atoms with Crippen molar-refractivity contribution >= 4 is 21.4 Å². The lowest BCUT2D eigenvalue weighted by Crippen LogP contribution is -2.20. The summed E-state index contributed by atoms with van der Waals surface area (Å²) in [5, 5.41) is 24.0. The third kappa shape index (κ3) is 3.83. The topological polar surface area (TPSA) is 122 Å². The maximum Gasteiger partial charge on any atom is 0.276 e. The van der Waals surface area contributed by atoms with Crippen LogP contribution in [0.3, 0.4) is 0 Å². The smallest absolute Gasteiger partial charge is 0.276 e. The van der Waals surface area contributed by atoms with Crippen molar-refractivity contribution in [2.45, 2.75) is 11.8 Å². The second-order valence-corrected chi connectivity index (χ2v) is 6.22. The summed E-state index contributed by atoms with van der Waals surface area (Å²) < 4.78 is 24.2. The molecule has 120 valence electrons. The number of hydrogen-bond acceptors (Lipinski definition) is 6. The molecule has 0 saturated carbocycles. The van der Waals surface area contributed by atoms with Crippen LogP contribution in [-0.2, 0) is 10.0 Å². The molecule has 0 radical (unpaired) electrons. The largest absolute Gasteiger partial charge is 0.507 e. The van der Waals surface area contributed by atoms with Crippen molar-refractivity contribution in [3.05, 3.63) is 64.2 Å². The highest BCUT2D eigenvalue weighted by Gasteiger charge is 2.15. The van der Waals surface area contributed by atoms with Gasteiger partial charge in [-0.2, -0.15) is 18.4 Å². The monoisotopic (exact) mass is 335 g/mol. The molecule has 0 aromatic heterocycles. The maximum absolute atomic E-state index is 12.1. The Labute approximate surface area is 132 Å². The van der Waals surface area contributed by atoms with Gasteiger partial charge in [0.15, 0.2) is 0 Å². The van der Waals surface area contributed by atoms with Gasteiger partial charge in [0.25, 0.3) is 15.7 Å². The van der Waals surface area contributed by atoms with Crippen molar-refractivity contribution in [3.63, 3.8) is 0 Å². The van der Waals surface area contributed by atoms with Crippen molar-refractivity contribution in [2.24, 2.45) is 5.10 Å². The lowest BCUT2D eigenvalue weighted by atomic mass is 10.1. The zero-order chi connectivity index (χ0) is 17.0. The van der Waals surface area contributed by atoms with E-state index in [0.717, 1.165) is 24.3 Å². The number of hydrazone groups is 1. The number of phenols is 1. The van der Waals surface area contributed by atoms with Crippen LogP contribution in [0.5, 0.6) is 5.75 Å². The highest BCUT2D eigenvalue weighted by molar-refractivity contribution is 7.89. The lowest BCUT2D eigenvalue weighted by Gasteiger charge is -2.06. The number of aromatic hydroxyl groups is 1. The molecule has 2 N–H and O–H groups in total. The number of hydrogen-bond donors (Lipinski definition) is 2. The van der Waals surface area contributed by atoms with Gasteiger partial charge in [-0.1, -0.05) is 12.1 Å². The predicted octanol–water partition coefficient (Wildman–Crippen LogP) is 2.00. The molecule has 0 amide bonds. The van der Waals surface area contributed by atoms with Gasteiger partial charge in [0.05, 0.1) is 15.5 Å². The summed E-state index contributed by atoms with van der Waals surface area (Å²) in [7, 11) is -3.96. The van der Waals surface area contributed by atoms with E-state index in [1.165, 1.54) is 13.0 Å². The first-order valence-electron chi connectivity index (χ1n) is 6.40. The Morgan fingerprint density at radius 1 is 1.17 bits per heavy atom. The summed E-state index contributed by atoms with van der Waals surface area (Å²) >= 11 is 0. The number of nitro benzene ring substituents is 1. The van der Waals surface area contributed by atoms with Crippen LogP contribution in [0.25, 0.3) is 0 Å². The second kappa shape index (κ2) is 6.44. The Morgan fingerprint density at radius 2 is 1.78 bits per heavy atom. The zero-order valence-corrected chi connectivity index (χ0v) is 12.8.